The topological polar surface area (TPSA) is 51.0 Å². The summed E-state index contributed by atoms with van der Waals surface area (Å²) in [6.45, 7) is 4.39. The van der Waals surface area contributed by atoms with Crippen molar-refractivity contribution in [3.05, 3.63) is 43.0 Å². The van der Waals surface area contributed by atoms with Gasteiger partial charge in [0.25, 0.3) is 0 Å². The molecule has 0 radical (unpaired) electrons. The Labute approximate surface area is 94.0 Å². The van der Waals surface area contributed by atoms with E-state index in [4.69, 9.17) is 4.42 Å². The number of nitrogens with one attached hydrogen (secondary N) is 1. The van der Waals surface area contributed by atoms with E-state index in [1.807, 2.05) is 36.4 Å². The number of nitrogens with zero attached hydrogens (tertiary/aromatic N) is 2. The van der Waals surface area contributed by atoms with Gasteiger partial charge in [-0.15, -0.1) is 11.7 Å². The number of aromatic nitrogens is 2. The Morgan fingerprint density at radius 2 is 2.06 bits per heavy atom. The summed E-state index contributed by atoms with van der Waals surface area (Å²) < 4.78 is 5.45. The summed E-state index contributed by atoms with van der Waals surface area (Å²) in [5.74, 6) is 0.529. The fourth-order valence-corrected chi connectivity index (χ4v) is 1.27. The Balaban J connectivity index is 2.05. The minimum absolute atomic E-state index is 0.445. The van der Waals surface area contributed by atoms with Crippen molar-refractivity contribution < 1.29 is 4.42 Å². The van der Waals surface area contributed by atoms with Gasteiger partial charge in [0, 0.05) is 12.1 Å². The Bertz CT molecular complexity index is 450. The molecule has 1 aromatic heterocycles. The largest absolute Gasteiger partial charge is 0.403 e. The molecule has 2 rings (SSSR count). The van der Waals surface area contributed by atoms with E-state index in [1.54, 1.807) is 0 Å². The monoisotopic (exact) mass is 215 g/mol. The van der Waals surface area contributed by atoms with Crippen LogP contribution >= 0.6 is 0 Å². The minimum atomic E-state index is 0.445. The van der Waals surface area contributed by atoms with Crippen molar-refractivity contribution in [3.8, 4) is 11.5 Å². The lowest BCUT2D eigenvalue weighted by Gasteiger charge is -1.96. The molecular weight excluding hydrogens is 202 g/mol. The lowest BCUT2D eigenvalue weighted by atomic mass is 10.2. The van der Waals surface area contributed by atoms with Crippen LogP contribution in [-0.2, 0) is 0 Å². The molecule has 0 aliphatic rings. The second-order valence-corrected chi connectivity index (χ2v) is 3.28. The van der Waals surface area contributed by atoms with Gasteiger partial charge in [-0.25, -0.2) is 0 Å². The van der Waals surface area contributed by atoms with Crippen LogP contribution < -0.4 is 5.32 Å². The van der Waals surface area contributed by atoms with Gasteiger partial charge in [0.05, 0.1) is 0 Å². The Hall–Kier alpha value is -2.10. The van der Waals surface area contributed by atoms with Gasteiger partial charge in [-0.3, -0.25) is 0 Å². The molecule has 16 heavy (non-hydrogen) atoms. The first-order valence-corrected chi connectivity index (χ1v) is 5.14. The second kappa shape index (κ2) is 5.11. The van der Waals surface area contributed by atoms with Crippen LogP contribution in [0.25, 0.3) is 11.5 Å². The van der Waals surface area contributed by atoms with Crippen molar-refractivity contribution in [2.24, 2.45) is 0 Å². The van der Waals surface area contributed by atoms with Gasteiger partial charge in [0.2, 0.25) is 5.89 Å². The highest BCUT2D eigenvalue weighted by Gasteiger charge is 2.06. The van der Waals surface area contributed by atoms with Gasteiger partial charge in [-0.2, -0.15) is 0 Å². The van der Waals surface area contributed by atoms with Crippen LogP contribution in [0.1, 0.15) is 6.42 Å². The summed E-state index contributed by atoms with van der Waals surface area (Å²) in [4.78, 5) is 0. The molecule has 1 aromatic carbocycles. The molecule has 1 N–H and O–H groups in total. The van der Waals surface area contributed by atoms with Crippen LogP contribution in [0.5, 0.6) is 0 Å². The second-order valence-electron chi connectivity index (χ2n) is 3.28. The van der Waals surface area contributed by atoms with E-state index >= 15 is 0 Å². The van der Waals surface area contributed by atoms with E-state index in [9.17, 15) is 0 Å². The molecule has 2 aromatic rings. The van der Waals surface area contributed by atoms with Crippen LogP contribution in [0.2, 0.25) is 0 Å². The third-order valence-corrected chi connectivity index (χ3v) is 2.07. The van der Waals surface area contributed by atoms with E-state index in [-0.39, 0.29) is 0 Å². The van der Waals surface area contributed by atoms with Gasteiger partial charge in [0.1, 0.15) is 0 Å². The molecule has 4 nitrogen and oxygen atoms in total. The predicted molar refractivity (Wildman–Crippen MR) is 63.0 cm³/mol. The molecule has 0 saturated heterocycles. The SMILES string of the molecule is C=CCCNc1nnc(-c2ccccc2)o1. The van der Waals surface area contributed by atoms with Crippen LogP contribution in [0.4, 0.5) is 6.01 Å². The summed E-state index contributed by atoms with van der Waals surface area (Å²) in [7, 11) is 0. The molecule has 0 fully saturated rings. The third-order valence-electron chi connectivity index (χ3n) is 2.07. The Morgan fingerprint density at radius 3 is 2.81 bits per heavy atom. The summed E-state index contributed by atoms with van der Waals surface area (Å²) in [6, 6.07) is 10.1. The highest BCUT2D eigenvalue weighted by atomic mass is 16.4. The first-order chi connectivity index (χ1) is 7.90. The van der Waals surface area contributed by atoms with Crippen LogP contribution in [0, 0.1) is 0 Å². The van der Waals surface area contributed by atoms with Crippen LogP contribution in [0.15, 0.2) is 47.4 Å². The third kappa shape index (κ3) is 2.48. The number of rotatable bonds is 5. The van der Waals surface area contributed by atoms with Gasteiger partial charge < -0.3 is 9.73 Å². The molecule has 4 heteroatoms. The lowest BCUT2D eigenvalue weighted by Crippen LogP contribution is -1.99. The maximum Gasteiger partial charge on any atom is 0.315 e. The summed E-state index contributed by atoms with van der Waals surface area (Å²) in [5, 5.41) is 10.9. The highest BCUT2D eigenvalue weighted by Crippen LogP contribution is 2.18. The molecule has 0 atom stereocenters. The van der Waals surface area contributed by atoms with E-state index in [0.717, 1.165) is 18.5 Å². The fourth-order valence-electron chi connectivity index (χ4n) is 1.27. The molecule has 0 saturated carbocycles. The highest BCUT2D eigenvalue weighted by molar-refractivity contribution is 5.52. The smallest absolute Gasteiger partial charge is 0.315 e. The van der Waals surface area contributed by atoms with Gasteiger partial charge in [-0.05, 0) is 18.6 Å². The summed E-state index contributed by atoms with van der Waals surface area (Å²) >= 11 is 0. The zero-order valence-corrected chi connectivity index (χ0v) is 8.89. The van der Waals surface area contributed by atoms with Crippen molar-refractivity contribution in [3.63, 3.8) is 0 Å². The Morgan fingerprint density at radius 1 is 1.25 bits per heavy atom. The number of hydrogen-bond donors (Lipinski definition) is 1. The maximum absolute atomic E-state index is 5.45. The zero-order valence-electron chi connectivity index (χ0n) is 8.89. The molecular formula is C12H13N3O. The van der Waals surface area contributed by atoms with Crippen molar-refractivity contribution in [2.75, 3.05) is 11.9 Å². The Kier molecular flexibility index (Phi) is 3.33. The molecule has 1 heterocycles. The van der Waals surface area contributed by atoms with E-state index in [2.05, 4.69) is 22.1 Å². The molecule has 0 bridgehead atoms. The first kappa shape index (κ1) is 10.4. The number of hydrogen-bond acceptors (Lipinski definition) is 4. The standard InChI is InChI=1S/C12H13N3O/c1-2-3-9-13-12-15-14-11(16-12)10-7-5-4-6-8-10/h2,4-8H,1,3,9H2,(H,13,15). The molecule has 0 spiro atoms. The summed E-state index contributed by atoms with van der Waals surface area (Å²) in [5.41, 5.74) is 0.923. The van der Waals surface area contributed by atoms with Crippen molar-refractivity contribution >= 4 is 6.01 Å². The molecule has 0 unspecified atom stereocenters. The van der Waals surface area contributed by atoms with Crippen molar-refractivity contribution in [2.45, 2.75) is 6.42 Å². The predicted octanol–water partition coefficient (Wildman–Crippen LogP) is 2.72. The zero-order chi connectivity index (χ0) is 11.2. The van der Waals surface area contributed by atoms with Gasteiger partial charge in [0.15, 0.2) is 0 Å². The number of benzene rings is 1. The molecule has 82 valence electrons. The average Bonchev–Trinajstić information content (AvgIpc) is 2.79. The molecule has 0 aliphatic heterocycles. The summed E-state index contributed by atoms with van der Waals surface area (Å²) in [6.07, 6.45) is 2.70. The van der Waals surface area contributed by atoms with Crippen LogP contribution in [-0.4, -0.2) is 16.7 Å². The van der Waals surface area contributed by atoms with Gasteiger partial charge in [-0.1, -0.05) is 29.4 Å². The van der Waals surface area contributed by atoms with Crippen molar-refractivity contribution in [1.82, 2.24) is 10.2 Å². The number of anilines is 1. The fraction of sp³-hybridized carbons (Fsp3) is 0.167. The quantitative estimate of drug-likeness (QED) is 0.615. The first-order valence-electron chi connectivity index (χ1n) is 5.14. The normalized spacial score (nSPS) is 10.0. The van der Waals surface area contributed by atoms with Gasteiger partial charge >= 0.3 is 6.01 Å². The minimum Gasteiger partial charge on any atom is -0.403 e. The van der Waals surface area contributed by atoms with E-state index in [1.165, 1.54) is 0 Å². The average molecular weight is 215 g/mol. The van der Waals surface area contributed by atoms with Crippen molar-refractivity contribution in [1.29, 1.82) is 0 Å². The molecule has 0 aliphatic carbocycles. The van der Waals surface area contributed by atoms with E-state index < -0.39 is 0 Å². The molecule has 0 amide bonds. The van der Waals surface area contributed by atoms with Crippen LogP contribution in [0.3, 0.4) is 0 Å². The maximum atomic E-state index is 5.45. The van der Waals surface area contributed by atoms with E-state index in [0.29, 0.717) is 11.9 Å². The lowest BCUT2D eigenvalue weighted by molar-refractivity contribution is 0.581.